The Bertz CT molecular complexity index is 484. The van der Waals surface area contributed by atoms with E-state index in [0.29, 0.717) is 11.4 Å². The van der Waals surface area contributed by atoms with E-state index in [-0.39, 0.29) is 4.90 Å². The number of nitrogen functional groups attached to an aromatic ring is 1. The first-order chi connectivity index (χ1) is 8.46. The van der Waals surface area contributed by atoms with Gasteiger partial charge in [-0.2, -0.15) is 0 Å². The molecule has 5 heteroatoms. The summed E-state index contributed by atoms with van der Waals surface area (Å²) in [5.74, 6) is 0. The topological polar surface area (TPSA) is 72.2 Å². The van der Waals surface area contributed by atoms with Crippen molar-refractivity contribution in [3.05, 3.63) is 18.2 Å². The number of unbranched alkanes of at least 4 members (excludes halogenated alkanes) is 3. The molecule has 0 bridgehead atoms. The van der Waals surface area contributed by atoms with Gasteiger partial charge in [-0.25, -0.2) is 8.42 Å². The fraction of sp³-hybridized carbons (Fsp3) is 0.538. The van der Waals surface area contributed by atoms with Crippen LogP contribution in [0.2, 0.25) is 0 Å². The van der Waals surface area contributed by atoms with Gasteiger partial charge in [-0.05, 0) is 18.6 Å². The number of sulfone groups is 1. The summed E-state index contributed by atoms with van der Waals surface area (Å²) in [4.78, 5) is 0.195. The summed E-state index contributed by atoms with van der Waals surface area (Å²) < 4.78 is 23.0. The Hall–Kier alpha value is -1.23. The summed E-state index contributed by atoms with van der Waals surface area (Å²) in [5, 5.41) is 3.19. The lowest BCUT2D eigenvalue weighted by molar-refractivity contribution is 0.602. The van der Waals surface area contributed by atoms with Crippen molar-refractivity contribution < 1.29 is 8.42 Å². The van der Waals surface area contributed by atoms with Gasteiger partial charge in [0.15, 0.2) is 9.84 Å². The van der Waals surface area contributed by atoms with Crippen LogP contribution in [0.25, 0.3) is 0 Å². The van der Waals surface area contributed by atoms with E-state index in [1.165, 1.54) is 31.6 Å². The lowest BCUT2D eigenvalue weighted by atomic mass is 10.2. The van der Waals surface area contributed by atoms with Crippen LogP contribution in [0.5, 0.6) is 0 Å². The molecular formula is C13H22N2O2S. The molecule has 1 aromatic carbocycles. The van der Waals surface area contributed by atoms with Gasteiger partial charge in [0.1, 0.15) is 0 Å². The van der Waals surface area contributed by atoms with Crippen LogP contribution >= 0.6 is 0 Å². The first kappa shape index (κ1) is 14.8. The summed E-state index contributed by atoms with van der Waals surface area (Å²) in [7, 11) is -3.26. The quantitative estimate of drug-likeness (QED) is 0.590. The van der Waals surface area contributed by atoms with Crippen molar-refractivity contribution >= 4 is 21.2 Å². The zero-order valence-corrected chi connectivity index (χ0v) is 11.9. The molecular weight excluding hydrogens is 248 g/mol. The molecule has 0 atom stereocenters. The number of nitrogens with one attached hydrogen (secondary N) is 1. The van der Waals surface area contributed by atoms with Crippen LogP contribution in [0.4, 0.5) is 11.4 Å². The molecule has 18 heavy (non-hydrogen) atoms. The number of nitrogens with two attached hydrogens (primary N) is 1. The summed E-state index contributed by atoms with van der Waals surface area (Å²) in [6.07, 6.45) is 5.83. The zero-order chi connectivity index (χ0) is 13.6. The maximum atomic E-state index is 11.5. The third-order valence-electron chi connectivity index (χ3n) is 2.81. The summed E-state index contributed by atoms with van der Waals surface area (Å²) in [6, 6.07) is 5.05. The molecule has 0 unspecified atom stereocenters. The molecule has 0 saturated carbocycles. The predicted octanol–water partition coefficient (Wildman–Crippen LogP) is 2.66. The van der Waals surface area contributed by atoms with Gasteiger partial charge in [-0.3, -0.25) is 0 Å². The minimum absolute atomic E-state index is 0.195. The molecule has 0 aliphatic rings. The molecule has 4 nitrogen and oxygen atoms in total. The second-order valence-corrected chi connectivity index (χ2v) is 6.46. The Labute approximate surface area is 110 Å². The highest BCUT2D eigenvalue weighted by atomic mass is 32.2. The van der Waals surface area contributed by atoms with Gasteiger partial charge in [0.05, 0.1) is 16.3 Å². The highest BCUT2D eigenvalue weighted by molar-refractivity contribution is 7.90. The van der Waals surface area contributed by atoms with Gasteiger partial charge < -0.3 is 11.1 Å². The lowest BCUT2D eigenvalue weighted by Crippen LogP contribution is -2.08. The highest BCUT2D eigenvalue weighted by Gasteiger charge is 2.13. The van der Waals surface area contributed by atoms with Crippen LogP contribution in [0.15, 0.2) is 23.1 Å². The van der Waals surface area contributed by atoms with Crippen LogP contribution in [0.3, 0.4) is 0 Å². The van der Waals surface area contributed by atoms with Crippen molar-refractivity contribution in [2.75, 3.05) is 23.9 Å². The lowest BCUT2D eigenvalue weighted by Gasteiger charge is -2.11. The van der Waals surface area contributed by atoms with Crippen LogP contribution in [-0.2, 0) is 9.84 Å². The number of anilines is 2. The van der Waals surface area contributed by atoms with E-state index < -0.39 is 9.84 Å². The fourth-order valence-corrected chi connectivity index (χ4v) is 2.63. The molecule has 102 valence electrons. The second kappa shape index (κ2) is 6.64. The van der Waals surface area contributed by atoms with Gasteiger partial charge >= 0.3 is 0 Å². The monoisotopic (exact) mass is 270 g/mol. The Morgan fingerprint density at radius 1 is 1.22 bits per heavy atom. The molecule has 0 heterocycles. The minimum Gasteiger partial charge on any atom is -0.396 e. The molecule has 0 radical (unpaired) electrons. The van der Waals surface area contributed by atoms with Crippen LogP contribution < -0.4 is 11.1 Å². The standard InChI is InChI=1S/C13H22N2O2S/c1-3-4-5-6-10-15-11-8-7-9-12(13(11)14)18(2,16)17/h7-9,15H,3-6,10,14H2,1-2H3. The molecule has 0 spiro atoms. The fourth-order valence-electron chi connectivity index (χ4n) is 1.80. The molecule has 0 amide bonds. The number of hydrogen-bond acceptors (Lipinski definition) is 4. The Morgan fingerprint density at radius 2 is 1.94 bits per heavy atom. The molecule has 0 aliphatic carbocycles. The second-order valence-electron chi connectivity index (χ2n) is 4.48. The van der Waals surface area contributed by atoms with E-state index in [0.717, 1.165) is 13.0 Å². The number of benzene rings is 1. The maximum absolute atomic E-state index is 11.5. The van der Waals surface area contributed by atoms with Crippen LogP contribution in [0, 0.1) is 0 Å². The summed E-state index contributed by atoms with van der Waals surface area (Å²) >= 11 is 0. The number of hydrogen-bond donors (Lipinski definition) is 2. The third-order valence-corrected chi connectivity index (χ3v) is 3.97. The molecule has 3 N–H and O–H groups in total. The van der Waals surface area contributed by atoms with Gasteiger partial charge in [0.25, 0.3) is 0 Å². The Kier molecular flexibility index (Phi) is 5.47. The predicted molar refractivity (Wildman–Crippen MR) is 76.6 cm³/mol. The normalized spacial score (nSPS) is 11.4. The average molecular weight is 270 g/mol. The van der Waals surface area contributed by atoms with Gasteiger partial charge in [-0.1, -0.05) is 32.3 Å². The Morgan fingerprint density at radius 3 is 2.56 bits per heavy atom. The molecule has 0 fully saturated rings. The smallest absolute Gasteiger partial charge is 0.177 e. The van der Waals surface area contributed by atoms with E-state index in [2.05, 4.69) is 12.2 Å². The molecule has 1 aromatic rings. The van der Waals surface area contributed by atoms with Crippen molar-refractivity contribution in [3.8, 4) is 0 Å². The molecule has 0 aliphatic heterocycles. The summed E-state index contributed by atoms with van der Waals surface area (Å²) in [5.41, 5.74) is 6.89. The molecule has 1 rings (SSSR count). The van der Waals surface area contributed by atoms with Gasteiger partial charge in [-0.15, -0.1) is 0 Å². The van der Waals surface area contributed by atoms with Crippen LogP contribution in [0.1, 0.15) is 32.6 Å². The Balaban J connectivity index is 2.67. The van der Waals surface area contributed by atoms with Crippen molar-refractivity contribution in [2.45, 2.75) is 37.5 Å². The van der Waals surface area contributed by atoms with Crippen LogP contribution in [-0.4, -0.2) is 21.2 Å². The highest BCUT2D eigenvalue weighted by Crippen LogP contribution is 2.26. The van der Waals surface area contributed by atoms with Crippen molar-refractivity contribution in [2.24, 2.45) is 0 Å². The molecule has 0 aromatic heterocycles. The zero-order valence-electron chi connectivity index (χ0n) is 11.1. The van der Waals surface area contributed by atoms with Crippen molar-refractivity contribution in [1.29, 1.82) is 0 Å². The SMILES string of the molecule is CCCCCCNc1cccc(S(C)(=O)=O)c1N. The number of rotatable bonds is 7. The first-order valence-corrected chi connectivity index (χ1v) is 8.18. The number of para-hydroxylation sites is 1. The first-order valence-electron chi connectivity index (χ1n) is 6.29. The van der Waals surface area contributed by atoms with E-state index in [1.54, 1.807) is 6.07 Å². The largest absolute Gasteiger partial charge is 0.396 e. The third kappa shape index (κ3) is 4.22. The van der Waals surface area contributed by atoms with E-state index in [1.807, 2.05) is 6.07 Å². The maximum Gasteiger partial charge on any atom is 0.177 e. The minimum atomic E-state index is -3.26. The average Bonchev–Trinajstić information content (AvgIpc) is 2.29. The molecule has 0 saturated heterocycles. The van der Waals surface area contributed by atoms with E-state index in [9.17, 15) is 8.42 Å². The van der Waals surface area contributed by atoms with Gasteiger partial charge in [0.2, 0.25) is 0 Å². The van der Waals surface area contributed by atoms with Gasteiger partial charge in [0, 0.05) is 12.8 Å². The summed E-state index contributed by atoms with van der Waals surface area (Å²) in [6.45, 7) is 2.98. The van der Waals surface area contributed by atoms with E-state index >= 15 is 0 Å². The van der Waals surface area contributed by atoms with Crippen molar-refractivity contribution in [3.63, 3.8) is 0 Å². The van der Waals surface area contributed by atoms with E-state index in [4.69, 9.17) is 5.73 Å². The van der Waals surface area contributed by atoms with Crippen molar-refractivity contribution in [1.82, 2.24) is 0 Å².